The first kappa shape index (κ1) is 24.6. The highest BCUT2D eigenvalue weighted by Gasteiger charge is 2.46. The molecular weight excluding hydrogens is 464 g/mol. The van der Waals surface area contributed by atoms with Crippen molar-refractivity contribution in [2.45, 2.75) is 36.8 Å². The van der Waals surface area contributed by atoms with Crippen molar-refractivity contribution in [2.75, 3.05) is 6.61 Å². The fourth-order valence-corrected chi connectivity index (χ4v) is 4.00. The summed E-state index contributed by atoms with van der Waals surface area (Å²) in [6.07, 6.45) is -6.93. The number of esters is 1. The molecule has 2 aliphatic rings. The first-order chi connectivity index (χ1) is 16.7. The number of hydrogen-bond donors (Lipinski definition) is 6. The highest BCUT2D eigenvalue weighted by molar-refractivity contribution is 6.02. The Bertz CT molecular complexity index is 1090. The summed E-state index contributed by atoms with van der Waals surface area (Å²) < 4.78 is 16.2. The number of benzene rings is 2. The fourth-order valence-electron chi connectivity index (χ4n) is 4.00. The zero-order chi connectivity index (χ0) is 25.3. The predicted molar refractivity (Wildman–Crippen MR) is 117 cm³/mol. The third-order valence-electron chi connectivity index (χ3n) is 5.90. The molecule has 11 nitrogen and oxygen atoms in total. The molecule has 11 heteroatoms. The summed E-state index contributed by atoms with van der Waals surface area (Å²) in [6, 6.07) is 11.7. The molecular formula is C24H24O11. The van der Waals surface area contributed by atoms with Crippen LogP contribution >= 0.6 is 0 Å². The van der Waals surface area contributed by atoms with Crippen LogP contribution in [0.2, 0.25) is 0 Å². The zero-order valence-electron chi connectivity index (χ0n) is 18.2. The van der Waals surface area contributed by atoms with Gasteiger partial charge in [0, 0.05) is 0 Å². The minimum Gasteiger partial charge on any atom is -0.508 e. The lowest BCUT2D eigenvalue weighted by atomic mass is 9.90. The van der Waals surface area contributed by atoms with Crippen LogP contribution in [-0.2, 0) is 19.1 Å². The molecule has 2 heterocycles. The maximum atomic E-state index is 12.5. The Morgan fingerprint density at radius 2 is 1.63 bits per heavy atom. The Morgan fingerprint density at radius 1 is 0.971 bits per heavy atom. The molecule has 186 valence electrons. The van der Waals surface area contributed by atoms with Gasteiger partial charge >= 0.3 is 11.9 Å². The Kier molecular flexibility index (Phi) is 7.05. The molecule has 0 aliphatic carbocycles. The zero-order valence-corrected chi connectivity index (χ0v) is 18.2. The van der Waals surface area contributed by atoms with Crippen molar-refractivity contribution in [1.29, 1.82) is 0 Å². The molecule has 0 amide bonds. The van der Waals surface area contributed by atoms with Crippen molar-refractivity contribution >= 4 is 18.0 Å². The van der Waals surface area contributed by atoms with Gasteiger partial charge in [-0.25, -0.2) is 4.79 Å². The van der Waals surface area contributed by atoms with Gasteiger partial charge in [0.05, 0.1) is 12.2 Å². The van der Waals surface area contributed by atoms with E-state index in [-0.39, 0.29) is 17.1 Å². The van der Waals surface area contributed by atoms with Crippen molar-refractivity contribution in [3.63, 3.8) is 0 Å². The number of carboxylic acids is 1. The number of cyclic esters (lactones) is 1. The van der Waals surface area contributed by atoms with E-state index in [4.69, 9.17) is 14.2 Å². The van der Waals surface area contributed by atoms with Crippen LogP contribution in [0.5, 0.6) is 11.5 Å². The smallest absolute Gasteiger partial charge is 0.335 e. The quantitative estimate of drug-likeness (QED) is 0.237. The number of phenols is 1. The molecule has 35 heavy (non-hydrogen) atoms. The van der Waals surface area contributed by atoms with E-state index in [1.54, 1.807) is 0 Å². The number of phenolic OH excluding ortho intramolecular Hbond substituents is 1. The van der Waals surface area contributed by atoms with E-state index in [1.165, 1.54) is 54.6 Å². The van der Waals surface area contributed by atoms with Crippen molar-refractivity contribution in [3.8, 4) is 11.5 Å². The van der Waals surface area contributed by atoms with Crippen LogP contribution in [0.25, 0.3) is 6.08 Å². The maximum absolute atomic E-state index is 12.5. The molecule has 2 aromatic carbocycles. The summed E-state index contributed by atoms with van der Waals surface area (Å²) in [5.74, 6) is -3.12. The molecule has 0 bridgehead atoms. The molecule has 2 fully saturated rings. The number of hydrogen-bond acceptors (Lipinski definition) is 10. The largest absolute Gasteiger partial charge is 0.508 e. The van der Waals surface area contributed by atoms with E-state index in [0.717, 1.165) is 0 Å². The van der Waals surface area contributed by atoms with Gasteiger partial charge in [-0.05, 0) is 41.5 Å². The molecule has 2 aliphatic heterocycles. The Morgan fingerprint density at radius 3 is 2.23 bits per heavy atom. The van der Waals surface area contributed by atoms with Crippen molar-refractivity contribution < 1.29 is 54.4 Å². The van der Waals surface area contributed by atoms with Crippen LogP contribution in [0.15, 0.2) is 54.1 Å². The number of carboxylic acid groups (broad SMARTS) is 1. The standard InChI is InChI=1S/C24H24O11/c25-10-16-18(27)19(28)20(29)24(34-16)33-14-7-3-12(4-8-14)21-17(22(30)31)15(23(32)35-21)9-11-1-5-13(26)6-2-11/h1-9,16-21,24-29H,10H2,(H,30,31)/t16-,17-,18+,19+,20+,21-,24+/m0/s1. The van der Waals surface area contributed by atoms with E-state index in [9.17, 15) is 40.2 Å². The average Bonchev–Trinajstić information content (AvgIpc) is 3.17. The van der Waals surface area contributed by atoms with Gasteiger partial charge in [0.1, 0.15) is 47.9 Å². The first-order valence-electron chi connectivity index (χ1n) is 10.7. The lowest BCUT2D eigenvalue weighted by Gasteiger charge is -2.39. The SMILES string of the molecule is O=C1O[C@@H](c2ccc(O[C@@H]3O[C@@H](CO)[C@@H](O)[C@@H](O)[C@H]3O)cc2)[C@@H](C(=O)O)C1=Cc1ccc(O)cc1. The second-order valence-electron chi connectivity index (χ2n) is 8.22. The Balaban J connectivity index is 1.53. The average molecular weight is 488 g/mol. The van der Waals surface area contributed by atoms with Gasteiger partial charge in [0.15, 0.2) is 0 Å². The lowest BCUT2D eigenvalue weighted by Crippen LogP contribution is -2.60. The summed E-state index contributed by atoms with van der Waals surface area (Å²) in [5, 5.41) is 58.4. The topological polar surface area (TPSA) is 183 Å². The summed E-state index contributed by atoms with van der Waals surface area (Å²) in [6.45, 7) is -0.604. The van der Waals surface area contributed by atoms with E-state index in [0.29, 0.717) is 11.1 Å². The monoisotopic (exact) mass is 488 g/mol. The maximum Gasteiger partial charge on any atom is 0.335 e. The third-order valence-corrected chi connectivity index (χ3v) is 5.90. The molecule has 0 unspecified atom stereocenters. The predicted octanol–water partition coefficient (Wildman–Crippen LogP) is -0.0468. The van der Waals surface area contributed by atoms with Gasteiger partial charge in [-0.2, -0.15) is 0 Å². The summed E-state index contributed by atoms with van der Waals surface area (Å²) in [4.78, 5) is 24.5. The molecule has 7 atom stereocenters. The number of aliphatic hydroxyl groups excluding tert-OH is 4. The number of carbonyl (C=O) groups is 2. The van der Waals surface area contributed by atoms with Gasteiger partial charge < -0.3 is 44.8 Å². The highest BCUT2D eigenvalue weighted by Crippen LogP contribution is 2.40. The summed E-state index contributed by atoms with van der Waals surface area (Å²) >= 11 is 0. The lowest BCUT2D eigenvalue weighted by molar-refractivity contribution is -0.277. The van der Waals surface area contributed by atoms with Gasteiger partial charge in [0.25, 0.3) is 0 Å². The second kappa shape index (κ2) is 10.0. The van der Waals surface area contributed by atoms with E-state index < -0.39 is 61.3 Å². The van der Waals surface area contributed by atoms with Crippen LogP contribution in [0.3, 0.4) is 0 Å². The minimum absolute atomic E-state index is 0.0276. The van der Waals surface area contributed by atoms with Crippen LogP contribution in [0.1, 0.15) is 17.2 Å². The Hall–Kier alpha value is -3.48. The summed E-state index contributed by atoms with van der Waals surface area (Å²) in [5.41, 5.74) is 0.848. The van der Waals surface area contributed by atoms with Crippen LogP contribution < -0.4 is 4.74 Å². The number of rotatable bonds is 6. The number of aliphatic carboxylic acids is 1. The van der Waals surface area contributed by atoms with Crippen molar-refractivity contribution in [3.05, 3.63) is 65.2 Å². The minimum atomic E-state index is -1.60. The molecule has 0 spiro atoms. The molecule has 4 rings (SSSR count). The van der Waals surface area contributed by atoms with Crippen molar-refractivity contribution in [1.82, 2.24) is 0 Å². The molecule has 0 aromatic heterocycles. The molecule has 2 saturated heterocycles. The van der Waals surface area contributed by atoms with Crippen LogP contribution in [-0.4, -0.2) is 79.9 Å². The van der Waals surface area contributed by atoms with Crippen molar-refractivity contribution in [2.24, 2.45) is 5.92 Å². The molecule has 0 saturated carbocycles. The van der Waals surface area contributed by atoms with Gasteiger partial charge in [-0.1, -0.05) is 24.3 Å². The van der Waals surface area contributed by atoms with Gasteiger partial charge in [0.2, 0.25) is 6.29 Å². The molecule has 6 N–H and O–H groups in total. The van der Waals surface area contributed by atoms with E-state index in [2.05, 4.69) is 0 Å². The van der Waals surface area contributed by atoms with Gasteiger partial charge in [-0.15, -0.1) is 0 Å². The number of carbonyl (C=O) groups excluding carboxylic acids is 1. The second-order valence-corrected chi connectivity index (χ2v) is 8.22. The summed E-state index contributed by atoms with van der Waals surface area (Å²) in [7, 11) is 0. The third kappa shape index (κ3) is 4.99. The molecule has 2 aromatic rings. The normalized spacial score (nSPS) is 31.8. The highest BCUT2D eigenvalue weighted by atomic mass is 16.7. The number of ether oxygens (including phenoxy) is 3. The first-order valence-corrected chi connectivity index (χ1v) is 10.7. The van der Waals surface area contributed by atoms with E-state index in [1.807, 2.05) is 0 Å². The Labute approximate surface area is 199 Å². The van der Waals surface area contributed by atoms with Gasteiger partial charge in [-0.3, -0.25) is 4.79 Å². The fraction of sp³-hybridized carbons (Fsp3) is 0.333. The van der Waals surface area contributed by atoms with Crippen LogP contribution in [0.4, 0.5) is 0 Å². The number of aromatic hydroxyl groups is 1. The van der Waals surface area contributed by atoms with E-state index >= 15 is 0 Å². The molecule has 0 radical (unpaired) electrons. The number of aliphatic hydroxyl groups is 4. The van der Waals surface area contributed by atoms with Crippen LogP contribution in [0, 0.1) is 5.92 Å².